The molecule has 4 heterocycles. The van der Waals surface area contributed by atoms with Crippen molar-refractivity contribution in [3.05, 3.63) is 70.0 Å². The van der Waals surface area contributed by atoms with E-state index in [-0.39, 0.29) is 14.7 Å². The van der Waals surface area contributed by atoms with Gasteiger partial charge >= 0.3 is 0 Å². The lowest BCUT2D eigenvalue weighted by molar-refractivity contribution is 0.0472. The molecule has 6 rings (SSSR count). The third-order valence-corrected chi connectivity index (χ3v) is 7.48. The third kappa shape index (κ3) is 3.16. The smallest absolute Gasteiger partial charge is 0.256 e. The summed E-state index contributed by atoms with van der Waals surface area (Å²) in [5.41, 5.74) is 6.89. The number of carbonyl (C=O) groups excluding carboxylic acids is 2. The summed E-state index contributed by atoms with van der Waals surface area (Å²) in [7, 11) is 2.15. The molecule has 168 valence electrons. The summed E-state index contributed by atoms with van der Waals surface area (Å²) in [5.74, 6) is 0.125. The van der Waals surface area contributed by atoms with Crippen molar-refractivity contribution in [2.45, 2.75) is 44.2 Å². The second kappa shape index (κ2) is 7.55. The van der Waals surface area contributed by atoms with Crippen LogP contribution in [0.3, 0.4) is 0 Å². The SMILES string of the molecule is CN1CC2CCC(C1)N2C(=O)c1cnc2c(c1)C(c1ccc3c(c1)CCNC3=O)=CCC2.[HH].[HH]. The Morgan fingerprint density at radius 1 is 1.12 bits per heavy atom. The van der Waals surface area contributed by atoms with Crippen molar-refractivity contribution in [1.29, 1.82) is 0 Å². The van der Waals surface area contributed by atoms with Gasteiger partial charge in [-0.05, 0) is 68.0 Å². The largest absolute Gasteiger partial charge is 0.352 e. The molecule has 6 heteroatoms. The Kier molecular flexibility index (Phi) is 4.65. The zero-order chi connectivity index (χ0) is 21.8. The van der Waals surface area contributed by atoms with Crippen LogP contribution in [0.5, 0.6) is 0 Å². The third-order valence-electron chi connectivity index (χ3n) is 7.48. The number of aryl methyl sites for hydroxylation is 1. The molecule has 1 aliphatic carbocycles. The summed E-state index contributed by atoms with van der Waals surface area (Å²) in [6, 6.07) is 8.77. The molecule has 2 bridgehead atoms. The van der Waals surface area contributed by atoms with Gasteiger partial charge in [-0.1, -0.05) is 18.2 Å². The van der Waals surface area contributed by atoms with Crippen LogP contribution in [-0.2, 0) is 12.8 Å². The summed E-state index contributed by atoms with van der Waals surface area (Å²) in [6.07, 6.45) is 8.88. The lowest BCUT2D eigenvalue weighted by atomic mass is 9.86. The highest BCUT2D eigenvalue weighted by Gasteiger charge is 2.42. The Morgan fingerprint density at radius 3 is 2.75 bits per heavy atom. The number of hydrogen-bond donors (Lipinski definition) is 1. The first-order chi connectivity index (χ1) is 15.6. The van der Waals surface area contributed by atoms with Gasteiger partial charge in [0.2, 0.25) is 0 Å². The zero-order valence-electron chi connectivity index (χ0n) is 18.4. The fraction of sp³-hybridized carbons (Fsp3) is 0.423. The number of hydrogen-bond acceptors (Lipinski definition) is 4. The molecule has 1 aromatic heterocycles. The van der Waals surface area contributed by atoms with Crippen LogP contribution >= 0.6 is 0 Å². The topological polar surface area (TPSA) is 65.5 Å². The minimum atomic E-state index is 0. The number of nitrogens with zero attached hydrogens (tertiary/aromatic N) is 3. The van der Waals surface area contributed by atoms with Crippen LogP contribution in [0.1, 0.15) is 65.2 Å². The number of likely N-dealkylation sites (N-methyl/N-ethyl adjacent to an activating group) is 1. The maximum Gasteiger partial charge on any atom is 0.256 e. The van der Waals surface area contributed by atoms with Gasteiger partial charge in [0.1, 0.15) is 0 Å². The van der Waals surface area contributed by atoms with E-state index in [1.54, 1.807) is 6.20 Å². The van der Waals surface area contributed by atoms with E-state index >= 15 is 0 Å². The van der Waals surface area contributed by atoms with Gasteiger partial charge in [0.05, 0.1) is 5.56 Å². The molecule has 0 radical (unpaired) electrons. The second-order valence-electron chi connectivity index (χ2n) is 9.57. The summed E-state index contributed by atoms with van der Waals surface area (Å²) in [4.78, 5) is 34.9. The molecular weight excluding hydrogens is 400 g/mol. The van der Waals surface area contributed by atoms with Gasteiger partial charge in [0.15, 0.2) is 0 Å². The minimum absolute atomic E-state index is 0. The Labute approximate surface area is 191 Å². The minimum Gasteiger partial charge on any atom is -0.352 e. The first-order valence-electron chi connectivity index (χ1n) is 11.7. The van der Waals surface area contributed by atoms with E-state index in [0.717, 1.165) is 78.7 Å². The van der Waals surface area contributed by atoms with E-state index in [1.807, 2.05) is 12.1 Å². The molecule has 3 aliphatic heterocycles. The van der Waals surface area contributed by atoms with Crippen molar-refractivity contribution in [3.8, 4) is 0 Å². The number of likely N-dealkylation sites (tertiary alicyclic amines) is 1. The summed E-state index contributed by atoms with van der Waals surface area (Å²) in [5, 5.41) is 2.91. The average Bonchev–Trinajstić information content (AvgIpc) is 3.08. The molecule has 4 aliphatic rings. The highest BCUT2D eigenvalue weighted by Crippen LogP contribution is 2.35. The van der Waals surface area contributed by atoms with Gasteiger partial charge in [-0.15, -0.1) is 0 Å². The predicted octanol–water partition coefficient (Wildman–Crippen LogP) is 3.16. The van der Waals surface area contributed by atoms with E-state index in [4.69, 9.17) is 4.98 Å². The van der Waals surface area contributed by atoms with Gasteiger partial charge in [-0.3, -0.25) is 14.6 Å². The normalized spacial score (nSPS) is 24.5. The fourth-order valence-corrected chi connectivity index (χ4v) is 5.97. The van der Waals surface area contributed by atoms with E-state index in [9.17, 15) is 9.59 Å². The van der Waals surface area contributed by atoms with Gasteiger partial charge in [0, 0.05) is 57.6 Å². The standard InChI is InChI=1S/C26H28N4O2.2H2/c1-29-14-19-6-7-20(15-29)30(19)26(32)18-12-23-21(3-2-4-24(23)28-13-18)16-5-8-22-17(11-16)9-10-27-25(22)31;;/h3,5,8,11-13,19-20H,2,4,6-7,9-10,14-15H2,1H3,(H,27,31);2*1H. The highest BCUT2D eigenvalue weighted by atomic mass is 16.2. The van der Waals surface area contributed by atoms with Crippen molar-refractivity contribution in [3.63, 3.8) is 0 Å². The highest BCUT2D eigenvalue weighted by molar-refractivity contribution is 5.98. The van der Waals surface area contributed by atoms with Crippen LogP contribution in [0.25, 0.3) is 5.57 Å². The number of pyridine rings is 1. The number of nitrogens with one attached hydrogen (secondary N) is 1. The summed E-state index contributed by atoms with van der Waals surface area (Å²) in [6.45, 7) is 2.58. The predicted molar refractivity (Wildman–Crippen MR) is 127 cm³/mol. The molecule has 2 saturated heterocycles. The molecule has 2 atom stereocenters. The molecule has 2 aromatic rings. The molecule has 1 N–H and O–H groups in total. The second-order valence-corrected chi connectivity index (χ2v) is 9.57. The lowest BCUT2D eigenvalue weighted by Crippen LogP contribution is -2.54. The van der Waals surface area contributed by atoms with E-state index in [1.165, 1.54) is 0 Å². The molecule has 0 saturated carbocycles. The van der Waals surface area contributed by atoms with Gasteiger partial charge in [-0.2, -0.15) is 0 Å². The molecule has 1 aromatic carbocycles. The zero-order valence-corrected chi connectivity index (χ0v) is 18.4. The van der Waals surface area contributed by atoms with Crippen LogP contribution < -0.4 is 5.32 Å². The van der Waals surface area contributed by atoms with Crippen LogP contribution in [0.4, 0.5) is 0 Å². The Bertz CT molecular complexity index is 1150. The van der Waals surface area contributed by atoms with Crippen LogP contribution in [0.2, 0.25) is 0 Å². The van der Waals surface area contributed by atoms with Gasteiger partial charge in [0.25, 0.3) is 11.8 Å². The molecule has 0 spiro atoms. The number of allylic oxidation sites excluding steroid dienone is 1. The number of rotatable bonds is 2. The van der Waals surface area contributed by atoms with Crippen molar-refractivity contribution in [1.82, 2.24) is 20.1 Å². The van der Waals surface area contributed by atoms with Crippen molar-refractivity contribution in [2.24, 2.45) is 0 Å². The summed E-state index contributed by atoms with van der Waals surface area (Å²) >= 11 is 0. The Balaban J connectivity index is 0.00000137. The maximum absolute atomic E-state index is 13.5. The summed E-state index contributed by atoms with van der Waals surface area (Å²) < 4.78 is 0. The molecule has 32 heavy (non-hydrogen) atoms. The Morgan fingerprint density at radius 2 is 1.94 bits per heavy atom. The molecule has 2 fully saturated rings. The van der Waals surface area contributed by atoms with E-state index < -0.39 is 0 Å². The number of amides is 2. The number of aromatic nitrogens is 1. The van der Waals surface area contributed by atoms with Crippen LogP contribution in [0, 0.1) is 0 Å². The average molecular weight is 433 g/mol. The van der Waals surface area contributed by atoms with Crippen molar-refractivity contribution < 1.29 is 12.4 Å². The first-order valence-corrected chi connectivity index (χ1v) is 11.7. The van der Waals surface area contributed by atoms with E-state index in [0.29, 0.717) is 24.2 Å². The van der Waals surface area contributed by atoms with E-state index in [2.05, 4.69) is 40.4 Å². The molecule has 2 amide bonds. The monoisotopic (exact) mass is 432 g/mol. The Hall–Kier alpha value is -2.99. The van der Waals surface area contributed by atoms with Crippen molar-refractivity contribution >= 4 is 17.4 Å². The van der Waals surface area contributed by atoms with Crippen LogP contribution in [-0.4, -0.2) is 65.4 Å². The number of fused-ring (bicyclic) bond motifs is 4. The first kappa shape index (κ1) is 19.7. The molecule has 2 unspecified atom stereocenters. The lowest BCUT2D eigenvalue weighted by Gasteiger charge is -2.39. The van der Waals surface area contributed by atoms with Gasteiger partial charge in [-0.25, -0.2) is 0 Å². The fourth-order valence-electron chi connectivity index (χ4n) is 5.97. The number of piperazine rings is 1. The molecule has 6 nitrogen and oxygen atoms in total. The molecular formula is C26H32N4O2. The van der Waals surface area contributed by atoms with Gasteiger partial charge < -0.3 is 15.1 Å². The number of carbonyl (C=O) groups is 2. The maximum atomic E-state index is 13.5. The number of benzene rings is 1. The van der Waals surface area contributed by atoms with Crippen molar-refractivity contribution in [2.75, 3.05) is 26.7 Å². The quantitative estimate of drug-likeness (QED) is 0.792. The van der Waals surface area contributed by atoms with Crippen LogP contribution in [0.15, 0.2) is 36.5 Å².